The van der Waals surface area contributed by atoms with E-state index in [9.17, 15) is 8.42 Å². The van der Waals surface area contributed by atoms with Crippen molar-refractivity contribution in [1.82, 2.24) is 14.6 Å². The lowest BCUT2D eigenvalue weighted by molar-refractivity contribution is 0.573. The SMILES string of the molecule is CCCCCCNS(=O)(=O)c1cc(CNC)n(C2CC2)c1. The Labute approximate surface area is 128 Å². The topological polar surface area (TPSA) is 63.1 Å². The Bertz CT molecular complexity index is 547. The van der Waals surface area contributed by atoms with Gasteiger partial charge in [0.1, 0.15) is 0 Å². The molecule has 0 amide bonds. The third-order valence-electron chi connectivity index (χ3n) is 3.84. The van der Waals surface area contributed by atoms with Crippen LogP contribution in [0.4, 0.5) is 0 Å². The van der Waals surface area contributed by atoms with Crippen molar-refractivity contribution in [2.45, 2.75) is 62.9 Å². The largest absolute Gasteiger partial charge is 0.346 e. The molecule has 2 rings (SSSR count). The molecule has 6 heteroatoms. The summed E-state index contributed by atoms with van der Waals surface area (Å²) in [5.41, 5.74) is 1.05. The zero-order valence-electron chi connectivity index (χ0n) is 13.1. The Hall–Kier alpha value is -0.850. The lowest BCUT2D eigenvalue weighted by Gasteiger charge is -2.06. The summed E-state index contributed by atoms with van der Waals surface area (Å²) in [6, 6.07) is 2.28. The van der Waals surface area contributed by atoms with Gasteiger partial charge >= 0.3 is 0 Å². The van der Waals surface area contributed by atoms with Gasteiger partial charge in [-0.3, -0.25) is 0 Å². The molecule has 0 aliphatic heterocycles. The van der Waals surface area contributed by atoms with Crippen LogP contribution in [0.2, 0.25) is 0 Å². The minimum atomic E-state index is -3.37. The van der Waals surface area contributed by atoms with Crippen molar-refractivity contribution < 1.29 is 8.42 Å². The van der Waals surface area contributed by atoms with Crippen LogP contribution in [0.15, 0.2) is 17.2 Å². The number of aromatic nitrogens is 1. The normalized spacial score (nSPS) is 15.5. The highest BCUT2D eigenvalue weighted by Gasteiger charge is 2.27. The molecule has 0 atom stereocenters. The van der Waals surface area contributed by atoms with E-state index in [2.05, 4.69) is 21.5 Å². The second kappa shape index (κ2) is 7.42. The average molecular weight is 313 g/mol. The van der Waals surface area contributed by atoms with Crippen LogP contribution in [0, 0.1) is 0 Å². The second-order valence-corrected chi connectivity index (χ2v) is 7.56. The molecule has 0 aromatic carbocycles. The van der Waals surface area contributed by atoms with Gasteiger partial charge in [-0.1, -0.05) is 26.2 Å². The molecule has 1 aromatic rings. The summed E-state index contributed by atoms with van der Waals surface area (Å²) in [6.45, 7) is 3.37. The number of hydrogen-bond acceptors (Lipinski definition) is 3. The van der Waals surface area contributed by atoms with Crippen molar-refractivity contribution in [3.63, 3.8) is 0 Å². The molecule has 2 N–H and O–H groups in total. The number of nitrogens with zero attached hydrogens (tertiary/aromatic N) is 1. The molecule has 1 aliphatic rings. The molecular formula is C15H27N3O2S. The molecule has 1 fully saturated rings. The van der Waals surface area contributed by atoms with E-state index in [1.807, 2.05) is 7.05 Å². The molecule has 1 aromatic heterocycles. The minimum Gasteiger partial charge on any atom is -0.346 e. The molecule has 0 bridgehead atoms. The Morgan fingerprint density at radius 2 is 2.05 bits per heavy atom. The molecule has 1 heterocycles. The van der Waals surface area contributed by atoms with E-state index in [0.29, 0.717) is 24.0 Å². The highest BCUT2D eigenvalue weighted by molar-refractivity contribution is 7.89. The van der Waals surface area contributed by atoms with Gasteiger partial charge < -0.3 is 9.88 Å². The van der Waals surface area contributed by atoms with Gasteiger partial charge in [0.2, 0.25) is 10.0 Å². The number of hydrogen-bond donors (Lipinski definition) is 2. The first-order valence-electron chi connectivity index (χ1n) is 7.93. The molecule has 1 saturated carbocycles. The fraction of sp³-hybridized carbons (Fsp3) is 0.733. The van der Waals surface area contributed by atoms with Gasteiger partial charge in [0.25, 0.3) is 0 Å². The van der Waals surface area contributed by atoms with Crippen molar-refractivity contribution in [2.24, 2.45) is 0 Å². The van der Waals surface area contributed by atoms with Crippen molar-refractivity contribution >= 4 is 10.0 Å². The van der Waals surface area contributed by atoms with E-state index in [0.717, 1.165) is 44.2 Å². The third kappa shape index (κ3) is 4.56. The predicted molar refractivity (Wildman–Crippen MR) is 84.8 cm³/mol. The molecule has 0 unspecified atom stereocenters. The van der Waals surface area contributed by atoms with E-state index in [-0.39, 0.29) is 0 Å². The standard InChI is InChI=1S/C15H27N3O2S/c1-3-4-5-6-9-17-21(19,20)15-10-14(11-16-2)18(12-15)13-7-8-13/h10,12-13,16-17H,3-9,11H2,1-2H3. The summed E-state index contributed by atoms with van der Waals surface area (Å²) in [4.78, 5) is 0.398. The van der Waals surface area contributed by atoms with Crippen molar-refractivity contribution in [3.8, 4) is 0 Å². The third-order valence-corrected chi connectivity index (χ3v) is 5.27. The van der Waals surface area contributed by atoms with Crippen LogP contribution in [0.3, 0.4) is 0 Å². The second-order valence-electron chi connectivity index (χ2n) is 5.79. The first-order chi connectivity index (χ1) is 10.1. The number of sulfonamides is 1. The van der Waals surface area contributed by atoms with Crippen LogP contribution in [0.25, 0.3) is 0 Å². The highest BCUT2D eigenvalue weighted by atomic mass is 32.2. The van der Waals surface area contributed by atoms with Gasteiger partial charge in [0.15, 0.2) is 0 Å². The van der Waals surface area contributed by atoms with Crippen molar-refractivity contribution in [1.29, 1.82) is 0 Å². The molecule has 0 spiro atoms. The maximum absolute atomic E-state index is 12.3. The fourth-order valence-electron chi connectivity index (χ4n) is 2.50. The van der Waals surface area contributed by atoms with E-state index in [1.54, 1.807) is 12.3 Å². The monoisotopic (exact) mass is 313 g/mol. The maximum atomic E-state index is 12.3. The summed E-state index contributed by atoms with van der Waals surface area (Å²) >= 11 is 0. The van der Waals surface area contributed by atoms with Crippen LogP contribution in [0.5, 0.6) is 0 Å². The molecular weight excluding hydrogens is 286 g/mol. The summed E-state index contributed by atoms with van der Waals surface area (Å²) in [7, 11) is -1.49. The van der Waals surface area contributed by atoms with Crippen LogP contribution in [0.1, 0.15) is 57.2 Å². The molecule has 21 heavy (non-hydrogen) atoms. The number of nitrogens with one attached hydrogen (secondary N) is 2. The van der Waals surface area contributed by atoms with Gasteiger partial charge in [0, 0.05) is 31.0 Å². The van der Waals surface area contributed by atoms with Crippen LogP contribution in [-0.4, -0.2) is 26.6 Å². The van der Waals surface area contributed by atoms with Crippen LogP contribution >= 0.6 is 0 Å². The van der Waals surface area contributed by atoms with E-state index >= 15 is 0 Å². The highest BCUT2D eigenvalue weighted by Crippen LogP contribution is 2.37. The zero-order valence-corrected chi connectivity index (χ0v) is 13.9. The summed E-state index contributed by atoms with van der Waals surface area (Å²) in [6.07, 6.45) is 8.38. The van der Waals surface area contributed by atoms with E-state index < -0.39 is 10.0 Å². The number of rotatable bonds is 10. The first-order valence-corrected chi connectivity index (χ1v) is 9.42. The zero-order chi connectivity index (χ0) is 15.3. The molecule has 1 aliphatic carbocycles. The van der Waals surface area contributed by atoms with Gasteiger partial charge in [-0.2, -0.15) is 0 Å². The maximum Gasteiger partial charge on any atom is 0.242 e. The molecule has 0 radical (unpaired) electrons. The van der Waals surface area contributed by atoms with Crippen molar-refractivity contribution in [3.05, 3.63) is 18.0 Å². The van der Waals surface area contributed by atoms with E-state index in [1.165, 1.54) is 0 Å². The summed E-state index contributed by atoms with van der Waals surface area (Å²) in [5, 5.41) is 3.10. The van der Waals surface area contributed by atoms with Crippen LogP contribution in [-0.2, 0) is 16.6 Å². The Kier molecular flexibility index (Phi) is 5.84. The molecule has 120 valence electrons. The Morgan fingerprint density at radius 3 is 2.67 bits per heavy atom. The summed E-state index contributed by atoms with van der Waals surface area (Å²) < 4.78 is 29.5. The van der Waals surface area contributed by atoms with Crippen molar-refractivity contribution in [2.75, 3.05) is 13.6 Å². The lowest BCUT2D eigenvalue weighted by atomic mass is 10.2. The minimum absolute atomic E-state index is 0.398. The Balaban J connectivity index is 2.00. The van der Waals surface area contributed by atoms with Gasteiger partial charge in [-0.15, -0.1) is 0 Å². The lowest BCUT2D eigenvalue weighted by Crippen LogP contribution is -2.24. The fourth-order valence-corrected chi connectivity index (χ4v) is 3.62. The smallest absolute Gasteiger partial charge is 0.242 e. The number of unbranched alkanes of at least 4 members (excludes halogenated alkanes) is 3. The average Bonchev–Trinajstić information content (AvgIpc) is 3.20. The molecule has 5 nitrogen and oxygen atoms in total. The van der Waals surface area contributed by atoms with Crippen LogP contribution < -0.4 is 10.0 Å². The quantitative estimate of drug-likeness (QED) is 0.652. The van der Waals surface area contributed by atoms with Gasteiger partial charge in [-0.25, -0.2) is 13.1 Å². The predicted octanol–water partition coefficient (Wildman–Crippen LogP) is 2.40. The molecule has 0 saturated heterocycles. The van der Waals surface area contributed by atoms with Gasteiger partial charge in [-0.05, 0) is 32.4 Å². The first kappa shape index (κ1) is 16.5. The van der Waals surface area contributed by atoms with E-state index in [4.69, 9.17) is 0 Å². The van der Waals surface area contributed by atoms with Gasteiger partial charge in [0.05, 0.1) is 4.90 Å². The summed E-state index contributed by atoms with van der Waals surface area (Å²) in [5.74, 6) is 0. The Morgan fingerprint density at radius 1 is 1.29 bits per heavy atom.